The third-order valence-electron chi connectivity index (χ3n) is 8.97. The summed E-state index contributed by atoms with van der Waals surface area (Å²) in [6.45, 7) is 11.1. The van der Waals surface area contributed by atoms with Crippen LogP contribution in [0.5, 0.6) is 0 Å². The smallest absolute Gasteiger partial charge is 0.186 e. The molecule has 1 aliphatic heterocycles. The predicted molar refractivity (Wildman–Crippen MR) is 129 cm³/mol. The number of allylic oxidation sites excluding steroid dienone is 2. The van der Waals surface area contributed by atoms with Gasteiger partial charge in [0.25, 0.3) is 0 Å². The highest BCUT2D eigenvalue weighted by atomic mass is 16.7. The third-order valence-corrected chi connectivity index (χ3v) is 8.97. The van der Waals surface area contributed by atoms with E-state index in [1.54, 1.807) is 28.4 Å². The third kappa shape index (κ3) is 4.85. The monoisotopic (exact) mass is 466 g/mol. The van der Waals surface area contributed by atoms with E-state index in [9.17, 15) is 5.11 Å². The molecule has 3 unspecified atom stereocenters. The topological polar surface area (TPSA) is 66.4 Å². The molecule has 1 N–H and O–H groups in total. The molecule has 0 amide bonds. The second-order valence-corrected chi connectivity index (χ2v) is 10.6. The molecule has 0 aromatic rings. The van der Waals surface area contributed by atoms with Crippen molar-refractivity contribution >= 4 is 0 Å². The zero-order valence-corrected chi connectivity index (χ0v) is 22.0. The summed E-state index contributed by atoms with van der Waals surface area (Å²) in [5, 5.41) is 11.2. The summed E-state index contributed by atoms with van der Waals surface area (Å²) >= 11 is 0. The van der Waals surface area contributed by atoms with Crippen molar-refractivity contribution < 1.29 is 28.8 Å². The van der Waals surface area contributed by atoms with Crippen LogP contribution in [0.15, 0.2) is 23.8 Å². The summed E-state index contributed by atoms with van der Waals surface area (Å²) in [7, 11) is 6.53. The van der Waals surface area contributed by atoms with Crippen molar-refractivity contribution in [3.63, 3.8) is 0 Å². The van der Waals surface area contributed by atoms with Crippen LogP contribution in [-0.4, -0.2) is 70.4 Å². The van der Waals surface area contributed by atoms with Crippen molar-refractivity contribution in [2.24, 2.45) is 35.0 Å². The van der Waals surface area contributed by atoms with E-state index in [2.05, 4.69) is 33.8 Å². The van der Waals surface area contributed by atoms with Crippen molar-refractivity contribution in [1.29, 1.82) is 0 Å². The zero-order valence-electron chi connectivity index (χ0n) is 22.0. The van der Waals surface area contributed by atoms with Crippen molar-refractivity contribution in [2.75, 3.05) is 28.4 Å². The van der Waals surface area contributed by atoms with Gasteiger partial charge >= 0.3 is 0 Å². The normalized spacial score (nSPS) is 42.0. The van der Waals surface area contributed by atoms with Gasteiger partial charge in [-0.3, -0.25) is 0 Å². The van der Waals surface area contributed by atoms with Gasteiger partial charge in [-0.25, -0.2) is 0 Å². The Morgan fingerprint density at radius 3 is 2.18 bits per heavy atom. The number of aliphatic hydroxyl groups is 1. The molecule has 3 rings (SSSR count). The molecular weight excluding hydrogens is 420 g/mol. The summed E-state index contributed by atoms with van der Waals surface area (Å²) < 4.78 is 28.7. The van der Waals surface area contributed by atoms with Gasteiger partial charge in [-0.2, -0.15) is 0 Å². The highest BCUT2D eigenvalue weighted by Crippen LogP contribution is 2.84. The zero-order chi connectivity index (χ0) is 24.5. The SMILES string of the molecule is CC[C@H](C)[C@@H](C)C1C2CC21[C@H](O)[C@@H](C)/C=C/C=C(\C)[C@@H]1O[C@@H](OC)[C@H](OC)[C@@H](OC)[C@@H]1OC. The van der Waals surface area contributed by atoms with E-state index in [1.165, 1.54) is 12.8 Å². The van der Waals surface area contributed by atoms with Crippen LogP contribution in [-0.2, 0) is 23.7 Å². The molecule has 2 saturated carbocycles. The lowest BCUT2D eigenvalue weighted by atomic mass is 9.79. The highest BCUT2D eigenvalue weighted by Gasteiger charge is 2.82. The van der Waals surface area contributed by atoms with Crippen LogP contribution in [0, 0.1) is 35.0 Å². The molecule has 6 heteroatoms. The highest BCUT2D eigenvalue weighted by molar-refractivity contribution is 5.31. The van der Waals surface area contributed by atoms with E-state index in [1.807, 2.05) is 19.1 Å². The molecule has 3 aliphatic rings. The Morgan fingerprint density at radius 2 is 1.67 bits per heavy atom. The second-order valence-electron chi connectivity index (χ2n) is 10.6. The molecule has 6 nitrogen and oxygen atoms in total. The van der Waals surface area contributed by atoms with Gasteiger partial charge in [0.05, 0.1) is 6.10 Å². The van der Waals surface area contributed by atoms with Crippen LogP contribution in [0.2, 0.25) is 0 Å². The van der Waals surface area contributed by atoms with Crippen LogP contribution in [0.1, 0.15) is 47.5 Å². The molecule has 12 atom stereocenters. The van der Waals surface area contributed by atoms with Gasteiger partial charge in [-0.15, -0.1) is 0 Å². The van der Waals surface area contributed by atoms with Crippen molar-refractivity contribution in [1.82, 2.24) is 0 Å². The van der Waals surface area contributed by atoms with Gasteiger partial charge in [0.2, 0.25) is 0 Å². The average Bonchev–Trinajstić information content (AvgIpc) is 3.71. The Kier molecular flexibility index (Phi) is 8.85. The van der Waals surface area contributed by atoms with Crippen molar-refractivity contribution in [2.45, 2.75) is 84.3 Å². The minimum atomic E-state index is -0.547. The largest absolute Gasteiger partial charge is 0.392 e. The summed E-state index contributed by atoms with van der Waals surface area (Å²) in [5.74, 6) is 2.94. The number of hydrogen-bond donors (Lipinski definition) is 1. The summed E-state index contributed by atoms with van der Waals surface area (Å²) in [6, 6.07) is 0. The number of hydrogen-bond acceptors (Lipinski definition) is 6. The molecule has 0 radical (unpaired) electrons. The maximum atomic E-state index is 11.2. The molecule has 0 aromatic carbocycles. The van der Waals surface area contributed by atoms with Crippen LogP contribution in [0.4, 0.5) is 0 Å². The molecule has 0 aromatic heterocycles. The quantitative estimate of drug-likeness (QED) is 0.435. The Labute approximate surface area is 200 Å². The predicted octanol–water partition coefficient (Wildman–Crippen LogP) is 4.22. The fourth-order valence-electron chi connectivity index (χ4n) is 6.33. The van der Waals surface area contributed by atoms with Gasteiger partial charge in [-0.05, 0) is 42.6 Å². The second kappa shape index (κ2) is 10.9. The number of aliphatic hydroxyl groups excluding tert-OH is 1. The summed E-state index contributed by atoms with van der Waals surface area (Å²) in [4.78, 5) is 0. The van der Waals surface area contributed by atoms with E-state index in [-0.39, 0.29) is 41.9 Å². The van der Waals surface area contributed by atoms with Crippen molar-refractivity contribution in [3.05, 3.63) is 23.8 Å². The summed E-state index contributed by atoms with van der Waals surface area (Å²) in [5.41, 5.74) is 1.18. The van der Waals surface area contributed by atoms with E-state index >= 15 is 0 Å². The maximum absolute atomic E-state index is 11.2. The molecule has 190 valence electrons. The standard InChI is InChI=1S/C27H46O6/c1-10-15(2)18(5)20-19-14-27(19,20)25(28)17(4)13-11-12-16(3)21-22(29-6)23(30-7)24(31-8)26(32-9)33-21/h11-13,15,17-26,28H,10,14H2,1-9H3/b13-11+,16-12+/t15-,17-,18+,19?,20?,21-,22+,23-,24+,25+,26+,27?/m0/s1. The molecule has 1 heterocycles. The Morgan fingerprint density at radius 1 is 1.03 bits per heavy atom. The van der Waals surface area contributed by atoms with Crippen LogP contribution < -0.4 is 0 Å². The first-order chi connectivity index (χ1) is 15.7. The molecule has 0 bridgehead atoms. The van der Waals surface area contributed by atoms with Gasteiger partial charge in [0.15, 0.2) is 6.29 Å². The lowest BCUT2D eigenvalue weighted by molar-refractivity contribution is -0.295. The van der Waals surface area contributed by atoms with E-state index in [4.69, 9.17) is 23.7 Å². The average molecular weight is 467 g/mol. The van der Waals surface area contributed by atoms with Crippen LogP contribution in [0.25, 0.3) is 0 Å². The minimum absolute atomic E-state index is 0.106. The lowest BCUT2D eigenvalue weighted by Gasteiger charge is -2.44. The number of ether oxygens (including phenoxy) is 5. The first kappa shape index (κ1) is 26.8. The first-order valence-electron chi connectivity index (χ1n) is 12.5. The van der Waals surface area contributed by atoms with Gasteiger partial charge in [-0.1, -0.05) is 52.3 Å². The molecule has 1 saturated heterocycles. The van der Waals surface area contributed by atoms with Crippen LogP contribution >= 0.6 is 0 Å². The van der Waals surface area contributed by atoms with E-state index in [0.717, 1.165) is 17.4 Å². The minimum Gasteiger partial charge on any atom is -0.392 e. The van der Waals surface area contributed by atoms with Crippen LogP contribution in [0.3, 0.4) is 0 Å². The molecular formula is C27H46O6. The van der Waals surface area contributed by atoms with Gasteiger partial charge in [0.1, 0.15) is 24.4 Å². The fourth-order valence-corrected chi connectivity index (χ4v) is 6.33. The van der Waals surface area contributed by atoms with Crippen molar-refractivity contribution in [3.8, 4) is 0 Å². The Balaban J connectivity index is 1.64. The van der Waals surface area contributed by atoms with Gasteiger partial charge < -0.3 is 28.8 Å². The molecule has 33 heavy (non-hydrogen) atoms. The van der Waals surface area contributed by atoms with Gasteiger partial charge in [0, 0.05) is 39.8 Å². The number of rotatable bonds is 12. The number of methoxy groups -OCH3 is 4. The first-order valence-corrected chi connectivity index (χ1v) is 12.5. The fraction of sp³-hybridized carbons (Fsp3) is 0.852. The molecule has 3 fully saturated rings. The maximum Gasteiger partial charge on any atom is 0.186 e. The Bertz CT molecular complexity index is 707. The van der Waals surface area contributed by atoms with E-state index in [0.29, 0.717) is 11.8 Å². The number of fused-ring (bicyclic) bond motifs is 1. The Hall–Kier alpha value is -0.760. The lowest BCUT2D eigenvalue weighted by Crippen LogP contribution is -2.60. The molecule has 0 spiro atoms. The molecule has 2 aliphatic carbocycles. The van der Waals surface area contributed by atoms with E-state index < -0.39 is 6.29 Å². The summed E-state index contributed by atoms with van der Waals surface area (Å²) in [6.07, 6.45) is 6.43.